The lowest BCUT2D eigenvalue weighted by Crippen LogP contribution is -2.49. The van der Waals surface area contributed by atoms with E-state index in [1.165, 1.54) is 25.3 Å². The van der Waals surface area contributed by atoms with E-state index in [1.54, 1.807) is 12.0 Å². The highest BCUT2D eigenvalue weighted by Gasteiger charge is 2.44. The maximum Gasteiger partial charge on any atom is 0.259 e. The lowest BCUT2D eigenvalue weighted by atomic mass is 9.77. The third-order valence-corrected chi connectivity index (χ3v) is 6.17. The van der Waals surface area contributed by atoms with E-state index in [4.69, 9.17) is 4.74 Å². The molecule has 1 aliphatic carbocycles. The Kier molecular flexibility index (Phi) is 5.12. The molecule has 2 heterocycles. The monoisotopic (exact) mass is 401 g/mol. The number of likely N-dealkylation sites (tertiary alicyclic amines) is 1. The van der Waals surface area contributed by atoms with Gasteiger partial charge in [0.1, 0.15) is 11.4 Å². The number of halogens is 1. The number of ether oxygens (including phenoxy) is 1. The first kappa shape index (κ1) is 19.6. The average molecular weight is 401 g/mol. The number of carbonyl (C=O) groups is 2. The summed E-state index contributed by atoms with van der Waals surface area (Å²) in [6.07, 6.45) is 2.79. The van der Waals surface area contributed by atoms with E-state index >= 15 is 0 Å². The molecule has 2 aliphatic rings. The Hall–Kier alpha value is -2.74. The summed E-state index contributed by atoms with van der Waals surface area (Å²) < 4.78 is 19.1. The first-order chi connectivity index (χ1) is 13.9. The van der Waals surface area contributed by atoms with Gasteiger partial charge < -0.3 is 19.9 Å². The predicted molar refractivity (Wildman–Crippen MR) is 105 cm³/mol. The summed E-state index contributed by atoms with van der Waals surface area (Å²) in [7, 11) is 1.63. The van der Waals surface area contributed by atoms with Gasteiger partial charge in [0.25, 0.3) is 5.91 Å². The van der Waals surface area contributed by atoms with Gasteiger partial charge in [0.2, 0.25) is 11.3 Å². The third-order valence-electron chi connectivity index (χ3n) is 6.17. The van der Waals surface area contributed by atoms with Gasteiger partial charge in [0.15, 0.2) is 0 Å². The van der Waals surface area contributed by atoms with Gasteiger partial charge in [0.05, 0.1) is 12.1 Å². The highest BCUT2D eigenvalue weighted by atomic mass is 19.1. The predicted octanol–water partition coefficient (Wildman–Crippen LogP) is 1.67. The number of amides is 2. The molecule has 2 amide bonds. The maximum absolute atomic E-state index is 13.6. The number of H-pyrrole nitrogens is 1. The van der Waals surface area contributed by atoms with Crippen molar-refractivity contribution in [3.8, 4) is 0 Å². The van der Waals surface area contributed by atoms with Gasteiger partial charge in [0, 0.05) is 44.2 Å². The van der Waals surface area contributed by atoms with E-state index in [2.05, 4.69) is 10.3 Å². The van der Waals surface area contributed by atoms with Crippen molar-refractivity contribution in [2.24, 2.45) is 11.8 Å². The molecule has 1 saturated carbocycles. The molecule has 0 unspecified atom stereocenters. The highest BCUT2D eigenvalue weighted by Crippen LogP contribution is 2.38. The molecule has 0 radical (unpaired) electrons. The van der Waals surface area contributed by atoms with Crippen LogP contribution in [0, 0.1) is 17.7 Å². The Morgan fingerprint density at radius 2 is 1.97 bits per heavy atom. The lowest BCUT2D eigenvalue weighted by molar-refractivity contribution is -0.121. The smallest absolute Gasteiger partial charge is 0.259 e. The van der Waals surface area contributed by atoms with Crippen molar-refractivity contribution in [2.45, 2.75) is 31.9 Å². The number of pyridine rings is 1. The summed E-state index contributed by atoms with van der Waals surface area (Å²) in [5.41, 5.74) is 0.0385. The van der Waals surface area contributed by atoms with Crippen LogP contribution >= 0.6 is 0 Å². The molecule has 7 nitrogen and oxygen atoms in total. The van der Waals surface area contributed by atoms with Crippen LogP contribution in [0.5, 0.6) is 0 Å². The van der Waals surface area contributed by atoms with Crippen LogP contribution in [-0.2, 0) is 9.53 Å². The molecule has 8 heteroatoms. The topological polar surface area (TPSA) is 91.5 Å². The maximum atomic E-state index is 13.6. The fraction of sp³-hybridized carbons (Fsp3) is 0.476. The SMILES string of the molecule is CO[C@@H]1C[C@H]2CN(C(=O)c3c[nH]c4ccc(F)cc4c3=O)C[C@H]2C[C@H]1NC(C)=O. The van der Waals surface area contributed by atoms with Crippen molar-refractivity contribution in [3.63, 3.8) is 0 Å². The number of aromatic nitrogens is 1. The number of aromatic amines is 1. The third kappa shape index (κ3) is 3.64. The van der Waals surface area contributed by atoms with Gasteiger partial charge in [-0.15, -0.1) is 0 Å². The Bertz CT molecular complexity index is 1020. The van der Waals surface area contributed by atoms with Gasteiger partial charge in [-0.05, 0) is 42.9 Å². The van der Waals surface area contributed by atoms with Crippen LogP contribution in [0.4, 0.5) is 4.39 Å². The molecule has 2 aromatic rings. The van der Waals surface area contributed by atoms with E-state index in [1.807, 2.05) is 0 Å². The molecular weight excluding hydrogens is 377 g/mol. The largest absolute Gasteiger partial charge is 0.379 e. The highest BCUT2D eigenvalue weighted by molar-refractivity contribution is 5.97. The molecule has 29 heavy (non-hydrogen) atoms. The van der Waals surface area contributed by atoms with Gasteiger partial charge in [-0.1, -0.05) is 0 Å². The first-order valence-electron chi connectivity index (χ1n) is 9.77. The van der Waals surface area contributed by atoms with Crippen LogP contribution in [0.15, 0.2) is 29.2 Å². The molecule has 1 saturated heterocycles. The van der Waals surface area contributed by atoms with Crippen molar-refractivity contribution in [1.29, 1.82) is 0 Å². The minimum absolute atomic E-state index is 0.0171. The van der Waals surface area contributed by atoms with Crippen molar-refractivity contribution in [1.82, 2.24) is 15.2 Å². The van der Waals surface area contributed by atoms with Gasteiger partial charge in [-0.3, -0.25) is 14.4 Å². The second-order valence-electron chi connectivity index (χ2n) is 8.00. The van der Waals surface area contributed by atoms with E-state index < -0.39 is 11.2 Å². The Morgan fingerprint density at radius 1 is 1.24 bits per heavy atom. The van der Waals surface area contributed by atoms with Crippen LogP contribution in [0.25, 0.3) is 10.9 Å². The summed E-state index contributed by atoms with van der Waals surface area (Å²) in [4.78, 5) is 41.9. The van der Waals surface area contributed by atoms with Gasteiger partial charge in [-0.25, -0.2) is 4.39 Å². The number of rotatable bonds is 3. The van der Waals surface area contributed by atoms with E-state index in [0.29, 0.717) is 18.6 Å². The quantitative estimate of drug-likeness (QED) is 0.819. The van der Waals surface area contributed by atoms with Crippen LogP contribution in [0.2, 0.25) is 0 Å². The molecule has 4 atom stereocenters. The summed E-state index contributed by atoms with van der Waals surface area (Å²) in [5.74, 6) is -0.479. The van der Waals surface area contributed by atoms with Gasteiger partial charge in [-0.2, -0.15) is 0 Å². The van der Waals surface area contributed by atoms with Crippen LogP contribution < -0.4 is 10.7 Å². The number of nitrogens with zero attached hydrogens (tertiary/aromatic N) is 1. The van der Waals surface area contributed by atoms with Crippen LogP contribution in [-0.4, -0.2) is 54.0 Å². The summed E-state index contributed by atoms with van der Waals surface area (Å²) >= 11 is 0. The number of benzene rings is 1. The molecule has 2 fully saturated rings. The first-order valence-corrected chi connectivity index (χ1v) is 9.77. The van der Waals surface area contributed by atoms with Crippen molar-refractivity contribution < 1.29 is 18.7 Å². The Labute approximate surface area is 167 Å². The zero-order valence-corrected chi connectivity index (χ0v) is 16.4. The zero-order chi connectivity index (χ0) is 20.7. The summed E-state index contributed by atoms with van der Waals surface area (Å²) in [5, 5.41) is 3.11. The number of methoxy groups -OCH3 is 1. The molecule has 1 aromatic heterocycles. The number of hydrogen-bond acceptors (Lipinski definition) is 4. The number of fused-ring (bicyclic) bond motifs is 2. The number of carbonyl (C=O) groups excluding carboxylic acids is 2. The summed E-state index contributed by atoms with van der Waals surface area (Å²) in [6, 6.07) is 3.82. The second kappa shape index (κ2) is 7.59. The minimum atomic E-state index is -0.519. The fourth-order valence-electron chi connectivity index (χ4n) is 4.77. The van der Waals surface area contributed by atoms with Crippen LogP contribution in [0.3, 0.4) is 0 Å². The Balaban J connectivity index is 1.56. The molecule has 154 valence electrons. The Morgan fingerprint density at radius 3 is 2.66 bits per heavy atom. The normalized spacial score (nSPS) is 26.4. The molecular formula is C21H24FN3O4. The van der Waals surface area contributed by atoms with E-state index in [-0.39, 0.29) is 46.7 Å². The van der Waals surface area contributed by atoms with E-state index in [0.717, 1.165) is 18.9 Å². The fourth-order valence-corrected chi connectivity index (χ4v) is 4.77. The van der Waals surface area contributed by atoms with Gasteiger partial charge >= 0.3 is 0 Å². The number of nitrogens with one attached hydrogen (secondary N) is 2. The zero-order valence-electron chi connectivity index (χ0n) is 16.4. The molecule has 0 spiro atoms. The van der Waals surface area contributed by atoms with E-state index in [9.17, 15) is 18.8 Å². The average Bonchev–Trinajstić information content (AvgIpc) is 3.10. The van der Waals surface area contributed by atoms with Crippen molar-refractivity contribution in [2.75, 3.05) is 20.2 Å². The molecule has 4 rings (SSSR count). The summed E-state index contributed by atoms with van der Waals surface area (Å²) in [6.45, 7) is 2.55. The standard InChI is InChI=1S/C21H24FN3O4/c1-11(26)24-18-5-12-9-25(10-13(12)6-19(18)29-2)21(28)16-8-23-17-4-3-14(22)7-15(17)20(16)27/h3-4,7-8,12-13,18-19H,5-6,9-10H2,1-2H3,(H,23,27)(H,24,26)/t12-,13+,18-,19-/m1/s1. The lowest BCUT2D eigenvalue weighted by Gasteiger charge is -2.37. The van der Waals surface area contributed by atoms with Crippen molar-refractivity contribution in [3.05, 3.63) is 46.0 Å². The van der Waals surface area contributed by atoms with Crippen molar-refractivity contribution >= 4 is 22.7 Å². The molecule has 1 aromatic carbocycles. The molecule has 0 bridgehead atoms. The minimum Gasteiger partial charge on any atom is -0.379 e. The molecule has 1 aliphatic heterocycles. The molecule has 2 N–H and O–H groups in total. The number of hydrogen-bond donors (Lipinski definition) is 2. The second-order valence-corrected chi connectivity index (χ2v) is 8.00. The van der Waals surface area contributed by atoms with Crippen LogP contribution in [0.1, 0.15) is 30.1 Å².